The summed E-state index contributed by atoms with van der Waals surface area (Å²) in [5, 5.41) is 12.3. The van der Waals surface area contributed by atoms with Gasteiger partial charge in [-0.15, -0.1) is 10.2 Å². The van der Waals surface area contributed by atoms with E-state index in [2.05, 4.69) is 15.5 Å². The zero-order chi connectivity index (χ0) is 22.8. The highest BCUT2D eigenvalue weighted by atomic mass is 35.5. The van der Waals surface area contributed by atoms with Gasteiger partial charge in [0.15, 0.2) is 5.82 Å². The summed E-state index contributed by atoms with van der Waals surface area (Å²) in [4.78, 5) is 26.8. The lowest BCUT2D eigenvalue weighted by atomic mass is 10.1. The maximum atomic E-state index is 13.2. The number of nitrogens with two attached hydrogens (primary N) is 1. The molecule has 8 nitrogen and oxygen atoms in total. The molecule has 0 unspecified atom stereocenters. The molecule has 1 aromatic heterocycles. The molecule has 32 heavy (non-hydrogen) atoms. The molecule has 1 fully saturated rings. The summed E-state index contributed by atoms with van der Waals surface area (Å²) >= 11 is 6.01. The molecule has 3 N–H and O–H groups in total. The number of benzene rings is 2. The van der Waals surface area contributed by atoms with E-state index in [9.17, 15) is 9.59 Å². The highest BCUT2D eigenvalue weighted by molar-refractivity contribution is 6.30. The molecule has 166 valence electrons. The Morgan fingerprint density at radius 2 is 1.91 bits per heavy atom. The van der Waals surface area contributed by atoms with E-state index in [1.54, 1.807) is 17.0 Å². The molecule has 1 aliphatic rings. The van der Waals surface area contributed by atoms with Gasteiger partial charge in [0.1, 0.15) is 5.82 Å². The van der Waals surface area contributed by atoms with E-state index < -0.39 is 5.91 Å². The Morgan fingerprint density at radius 3 is 2.62 bits per heavy atom. The number of carbonyl (C=O) groups is 2. The average Bonchev–Trinajstić information content (AvgIpc) is 3.38. The number of hydrogen-bond donors (Lipinski definition) is 2. The van der Waals surface area contributed by atoms with Gasteiger partial charge in [0.2, 0.25) is 0 Å². The molecule has 0 bridgehead atoms. The van der Waals surface area contributed by atoms with E-state index in [1.807, 2.05) is 48.7 Å². The Labute approximate surface area is 191 Å². The van der Waals surface area contributed by atoms with E-state index >= 15 is 0 Å². The summed E-state index contributed by atoms with van der Waals surface area (Å²) in [6, 6.07) is 12.3. The lowest BCUT2D eigenvalue weighted by Crippen LogP contribution is -2.36. The van der Waals surface area contributed by atoms with Crippen molar-refractivity contribution < 1.29 is 9.59 Å². The smallest absolute Gasteiger partial charge is 0.322 e. The maximum absolute atomic E-state index is 13.2. The molecule has 0 radical (unpaired) electrons. The van der Waals surface area contributed by atoms with E-state index in [4.69, 9.17) is 17.3 Å². The number of carbonyl (C=O) groups excluding carboxylic acids is 2. The van der Waals surface area contributed by atoms with Crippen LogP contribution in [0.5, 0.6) is 0 Å². The summed E-state index contributed by atoms with van der Waals surface area (Å²) in [5.74, 6) is 0.933. The third kappa shape index (κ3) is 4.31. The predicted molar refractivity (Wildman–Crippen MR) is 123 cm³/mol. The molecule has 3 amide bonds. The fourth-order valence-corrected chi connectivity index (χ4v) is 4.23. The minimum atomic E-state index is -0.583. The van der Waals surface area contributed by atoms with Gasteiger partial charge in [-0.2, -0.15) is 0 Å². The van der Waals surface area contributed by atoms with Crippen LogP contribution in [0, 0.1) is 13.8 Å². The van der Waals surface area contributed by atoms with Crippen LogP contribution in [-0.2, 0) is 6.54 Å². The van der Waals surface area contributed by atoms with Crippen molar-refractivity contribution in [3.05, 3.63) is 75.8 Å². The molecule has 9 heteroatoms. The van der Waals surface area contributed by atoms with Gasteiger partial charge in [-0.05, 0) is 56.0 Å². The van der Waals surface area contributed by atoms with Crippen LogP contribution in [0.1, 0.15) is 52.0 Å². The molecular weight excluding hydrogens is 428 g/mol. The van der Waals surface area contributed by atoms with Crippen LogP contribution in [0.15, 0.2) is 42.5 Å². The predicted octanol–water partition coefficient (Wildman–Crippen LogP) is 4.06. The first-order chi connectivity index (χ1) is 15.3. The molecule has 0 spiro atoms. The average molecular weight is 453 g/mol. The number of aromatic nitrogens is 3. The largest absolute Gasteiger partial charge is 0.366 e. The maximum Gasteiger partial charge on any atom is 0.322 e. The van der Waals surface area contributed by atoms with Crippen molar-refractivity contribution >= 4 is 29.2 Å². The fourth-order valence-electron chi connectivity index (χ4n) is 4.11. The van der Waals surface area contributed by atoms with Crippen LogP contribution in [0.3, 0.4) is 0 Å². The van der Waals surface area contributed by atoms with Crippen molar-refractivity contribution in [3.63, 3.8) is 0 Å². The second-order valence-electron chi connectivity index (χ2n) is 7.96. The highest BCUT2D eigenvalue weighted by Gasteiger charge is 2.34. The van der Waals surface area contributed by atoms with Crippen molar-refractivity contribution in [1.82, 2.24) is 19.7 Å². The zero-order valence-electron chi connectivity index (χ0n) is 18.0. The highest BCUT2D eigenvalue weighted by Crippen LogP contribution is 2.33. The summed E-state index contributed by atoms with van der Waals surface area (Å²) in [6.45, 7) is 4.90. The monoisotopic (exact) mass is 452 g/mol. The first-order valence-electron chi connectivity index (χ1n) is 10.5. The number of hydrogen-bond acceptors (Lipinski definition) is 4. The first-order valence-corrected chi connectivity index (χ1v) is 10.8. The Kier molecular flexibility index (Phi) is 6.14. The molecule has 2 heterocycles. The first kappa shape index (κ1) is 21.8. The second-order valence-corrected chi connectivity index (χ2v) is 8.40. The molecule has 0 aliphatic carbocycles. The minimum absolute atomic E-state index is 0.218. The van der Waals surface area contributed by atoms with E-state index in [0.717, 1.165) is 35.6 Å². The van der Waals surface area contributed by atoms with Crippen molar-refractivity contribution in [2.24, 2.45) is 5.73 Å². The number of anilines is 1. The molecule has 4 rings (SSSR count). The normalized spacial score (nSPS) is 15.7. The van der Waals surface area contributed by atoms with Gasteiger partial charge in [-0.1, -0.05) is 35.9 Å². The number of primary amides is 1. The SMILES string of the molecule is Cc1cccc(C(N)=O)c1NC(=O)N1CCC[C@@H]1c1nnc(C)n1Cc1ccc(Cl)cc1. The van der Waals surface area contributed by atoms with Crippen LogP contribution < -0.4 is 11.1 Å². The van der Waals surface area contributed by atoms with Crippen molar-refractivity contribution in [2.45, 2.75) is 39.3 Å². The molecule has 0 saturated carbocycles. The Bertz CT molecular complexity index is 1160. The van der Waals surface area contributed by atoms with Crippen molar-refractivity contribution in [3.8, 4) is 0 Å². The summed E-state index contributed by atoms with van der Waals surface area (Å²) < 4.78 is 2.03. The number of nitrogens with one attached hydrogen (secondary N) is 1. The number of rotatable bonds is 5. The minimum Gasteiger partial charge on any atom is -0.366 e. The van der Waals surface area contributed by atoms with Crippen LogP contribution in [0.4, 0.5) is 10.5 Å². The van der Waals surface area contributed by atoms with Gasteiger partial charge in [-0.3, -0.25) is 4.79 Å². The molecule has 1 aliphatic heterocycles. The fraction of sp³-hybridized carbons (Fsp3) is 0.304. The van der Waals surface area contributed by atoms with Gasteiger partial charge in [-0.25, -0.2) is 4.79 Å². The third-order valence-electron chi connectivity index (χ3n) is 5.80. The standard InChI is InChI=1S/C23H25ClN6O2/c1-14-5-3-6-18(21(25)31)20(14)26-23(32)29-12-4-7-19(29)22-28-27-15(2)30(22)13-16-8-10-17(24)11-9-16/h3,5-6,8-11,19H,4,7,12-13H2,1-2H3,(H2,25,31)(H,26,32)/t19-/m1/s1. The van der Waals surface area contributed by atoms with Crippen LogP contribution in [0.25, 0.3) is 0 Å². The van der Waals surface area contributed by atoms with E-state index in [-0.39, 0.29) is 17.6 Å². The van der Waals surface area contributed by atoms with Crippen molar-refractivity contribution in [1.29, 1.82) is 0 Å². The Balaban J connectivity index is 1.59. The van der Waals surface area contributed by atoms with Gasteiger partial charge < -0.3 is 20.5 Å². The van der Waals surface area contributed by atoms with Crippen LogP contribution in [0.2, 0.25) is 5.02 Å². The lowest BCUT2D eigenvalue weighted by molar-refractivity contribution is 0.100. The number of para-hydroxylation sites is 1. The van der Waals surface area contributed by atoms with E-state index in [0.29, 0.717) is 23.8 Å². The Morgan fingerprint density at radius 1 is 1.16 bits per heavy atom. The zero-order valence-corrected chi connectivity index (χ0v) is 18.8. The summed E-state index contributed by atoms with van der Waals surface area (Å²) in [5.41, 5.74) is 8.07. The lowest BCUT2D eigenvalue weighted by Gasteiger charge is -2.26. The van der Waals surface area contributed by atoms with E-state index in [1.165, 1.54) is 0 Å². The Hall–Kier alpha value is -3.39. The molecular formula is C23H25ClN6O2. The molecule has 3 aromatic rings. The molecule has 2 aromatic carbocycles. The third-order valence-corrected chi connectivity index (χ3v) is 6.05. The number of amides is 3. The van der Waals surface area contributed by atoms with Crippen LogP contribution >= 0.6 is 11.6 Å². The number of urea groups is 1. The second kappa shape index (κ2) is 9.00. The molecule has 1 atom stereocenters. The van der Waals surface area contributed by atoms with Gasteiger partial charge in [0.25, 0.3) is 5.91 Å². The summed E-state index contributed by atoms with van der Waals surface area (Å²) in [7, 11) is 0. The van der Waals surface area contributed by atoms with Crippen molar-refractivity contribution in [2.75, 3.05) is 11.9 Å². The van der Waals surface area contributed by atoms with Gasteiger partial charge >= 0.3 is 6.03 Å². The number of halogens is 1. The number of nitrogens with zero attached hydrogens (tertiary/aromatic N) is 4. The number of likely N-dealkylation sites (tertiary alicyclic amines) is 1. The number of aryl methyl sites for hydroxylation is 2. The summed E-state index contributed by atoms with van der Waals surface area (Å²) in [6.07, 6.45) is 1.63. The van der Waals surface area contributed by atoms with Gasteiger partial charge in [0.05, 0.1) is 23.8 Å². The van der Waals surface area contributed by atoms with Gasteiger partial charge in [0, 0.05) is 11.6 Å². The van der Waals surface area contributed by atoms with Crippen LogP contribution in [-0.4, -0.2) is 38.1 Å². The topological polar surface area (TPSA) is 106 Å². The molecule has 1 saturated heterocycles. The quantitative estimate of drug-likeness (QED) is 0.608.